The van der Waals surface area contributed by atoms with Gasteiger partial charge in [-0.05, 0) is 39.7 Å². The van der Waals surface area contributed by atoms with E-state index in [2.05, 4.69) is 15.9 Å². The van der Waals surface area contributed by atoms with E-state index in [-0.39, 0.29) is 6.79 Å². The van der Waals surface area contributed by atoms with Crippen molar-refractivity contribution >= 4 is 15.9 Å². The van der Waals surface area contributed by atoms with Gasteiger partial charge in [0.25, 0.3) is 0 Å². The van der Waals surface area contributed by atoms with Gasteiger partial charge < -0.3 is 23.7 Å². The van der Waals surface area contributed by atoms with Crippen molar-refractivity contribution in [3.63, 3.8) is 0 Å². The molecule has 1 aliphatic heterocycles. The number of furan rings is 1. The van der Waals surface area contributed by atoms with Crippen LogP contribution in [0.4, 0.5) is 0 Å². The Labute approximate surface area is 117 Å². The molecule has 2 heterocycles. The number of ether oxygens (including phenoxy) is 3. The first-order valence-electron chi connectivity index (χ1n) is 5.59. The van der Waals surface area contributed by atoms with Gasteiger partial charge in [-0.15, -0.1) is 0 Å². The number of aliphatic hydroxyl groups excluding tert-OH is 1. The number of fused-ring (bicyclic) bond motifs is 1. The van der Waals surface area contributed by atoms with E-state index in [0.29, 0.717) is 33.0 Å². The molecule has 1 aromatic heterocycles. The molecule has 6 heteroatoms. The topological polar surface area (TPSA) is 61.1 Å². The molecule has 1 aromatic carbocycles. The minimum absolute atomic E-state index is 0.149. The number of rotatable bonds is 3. The molecule has 0 saturated heterocycles. The second kappa shape index (κ2) is 4.79. The number of hydrogen-bond acceptors (Lipinski definition) is 5. The Hall–Kier alpha value is -1.66. The van der Waals surface area contributed by atoms with Crippen molar-refractivity contribution in [3.8, 4) is 17.2 Å². The largest absolute Gasteiger partial charge is 0.493 e. The van der Waals surface area contributed by atoms with Gasteiger partial charge >= 0.3 is 0 Å². The lowest BCUT2D eigenvalue weighted by Gasteiger charge is -2.12. The van der Waals surface area contributed by atoms with Gasteiger partial charge in [0.1, 0.15) is 6.10 Å². The van der Waals surface area contributed by atoms with Gasteiger partial charge in [-0.3, -0.25) is 0 Å². The van der Waals surface area contributed by atoms with Crippen molar-refractivity contribution in [2.45, 2.75) is 6.10 Å². The summed E-state index contributed by atoms with van der Waals surface area (Å²) in [7, 11) is 1.54. The van der Waals surface area contributed by atoms with Crippen LogP contribution in [-0.2, 0) is 0 Å². The first kappa shape index (κ1) is 12.4. The van der Waals surface area contributed by atoms with Gasteiger partial charge in [-0.25, -0.2) is 0 Å². The fourth-order valence-electron chi connectivity index (χ4n) is 1.96. The molecule has 1 N–H and O–H groups in total. The molecule has 0 bridgehead atoms. The molecule has 1 unspecified atom stereocenters. The summed E-state index contributed by atoms with van der Waals surface area (Å²) in [6, 6.07) is 5.14. The van der Waals surface area contributed by atoms with E-state index < -0.39 is 6.10 Å². The summed E-state index contributed by atoms with van der Waals surface area (Å²) in [6.07, 6.45) is 0.597. The van der Waals surface area contributed by atoms with Crippen molar-refractivity contribution in [2.75, 3.05) is 13.9 Å². The Morgan fingerprint density at radius 2 is 2.21 bits per heavy atom. The van der Waals surface area contributed by atoms with E-state index in [9.17, 15) is 5.11 Å². The Balaban J connectivity index is 2.04. The predicted octanol–water partition coefficient (Wildman–Crippen LogP) is 2.86. The minimum Gasteiger partial charge on any atom is -0.493 e. The quantitative estimate of drug-likeness (QED) is 0.939. The summed E-state index contributed by atoms with van der Waals surface area (Å²) < 4.78 is 21.8. The van der Waals surface area contributed by atoms with E-state index in [4.69, 9.17) is 18.6 Å². The molecule has 0 saturated carbocycles. The second-order valence-corrected chi connectivity index (χ2v) is 4.85. The number of benzene rings is 1. The Morgan fingerprint density at radius 3 is 2.89 bits per heavy atom. The molecule has 5 nitrogen and oxygen atoms in total. The summed E-state index contributed by atoms with van der Waals surface area (Å²) in [6.45, 7) is 0.149. The summed E-state index contributed by atoms with van der Waals surface area (Å²) in [5, 5.41) is 10.3. The predicted molar refractivity (Wildman–Crippen MR) is 69.6 cm³/mol. The molecule has 0 spiro atoms. The first-order valence-corrected chi connectivity index (χ1v) is 6.38. The Bertz CT molecular complexity index is 607. The highest BCUT2D eigenvalue weighted by Gasteiger charge is 2.25. The number of hydrogen-bond donors (Lipinski definition) is 1. The monoisotopic (exact) mass is 326 g/mol. The van der Waals surface area contributed by atoms with Crippen molar-refractivity contribution in [1.82, 2.24) is 0 Å². The van der Waals surface area contributed by atoms with Crippen LogP contribution in [0.3, 0.4) is 0 Å². The van der Waals surface area contributed by atoms with E-state index in [1.54, 1.807) is 18.2 Å². The zero-order valence-corrected chi connectivity index (χ0v) is 11.6. The van der Waals surface area contributed by atoms with Gasteiger partial charge in [-0.1, -0.05) is 0 Å². The maximum atomic E-state index is 10.3. The minimum atomic E-state index is -0.909. The molecule has 19 heavy (non-hydrogen) atoms. The molecule has 2 aromatic rings. The van der Waals surface area contributed by atoms with Crippen LogP contribution < -0.4 is 14.2 Å². The van der Waals surface area contributed by atoms with Crippen LogP contribution >= 0.6 is 15.9 Å². The SMILES string of the molecule is COc1cc(C(O)c2occc2Br)cc2c1OCO2. The number of halogens is 1. The number of aliphatic hydroxyl groups is 1. The average molecular weight is 327 g/mol. The standard InChI is InChI=1S/C13H11BrO5/c1-16-9-4-7(5-10-13(9)19-6-18-10)11(15)12-8(14)2-3-17-12/h2-5,11,15H,6H2,1H3. The summed E-state index contributed by atoms with van der Waals surface area (Å²) in [5.74, 6) is 2.06. The average Bonchev–Trinajstić information content (AvgIpc) is 3.04. The molecule has 0 aliphatic carbocycles. The molecule has 0 fully saturated rings. The van der Waals surface area contributed by atoms with Gasteiger partial charge in [0.2, 0.25) is 12.5 Å². The van der Waals surface area contributed by atoms with Crippen molar-refractivity contribution in [1.29, 1.82) is 0 Å². The van der Waals surface area contributed by atoms with Crippen LogP contribution in [0.1, 0.15) is 17.4 Å². The molecule has 3 rings (SSSR count). The third-order valence-electron chi connectivity index (χ3n) is 2.89. The fourth-order valence-corrected chi connectivity index (χ4v) is 2.38. The Morgan fingerprint density at radius 1 is 1.37 bits per heavy atom. The molecule has 100 valence electrons. The van der Waals surface area contributed by atoms with Crippen LogP contribution in [0, 0.1) is 0 Å². The third kappa shape index (κ3) is 2.06. The maximum absolute atomic E-state index is 10.3. The molecule has 0 amide bonds. The zero-order chi connectivity index (χ0) is 13.4. The first-order chi connectivity index (χ1) is 9.20. The lowest BCUT2D eigenvalue weighted by molar-refractivity contribution is 0.170. The molecule has 0 radical (unpaired) electrons. The fraction of sp³-hybridized carbons (Fsp3) is 0.231. The second-order valence-electron chi connectivity index (χ2n) is 3.99. The van der Waals surface area contributed by atoms with Gasteiger partial charge in [0.05, 0.1) is 17.8 Å². The van der Waals surface area contributed by atoms with E-state index in [0.717, 1.165) is 0 Å². The van der Waals surface area contributed by atoms with Crippen molar-refractivity contribution in [3.05, 3.63) is 40.3 Å². The van der Waals surface area contributed by atoms with Crippen LogP contribution in [-0.4, -0.2) is 19.0 Å². The van der Waals surface area contributed by atoms with Crippen molar-refractivity contribution < 1.29 is 23.7 Å². The van der Waals surface area contributed by atoms with Gasteiger partial charge in [-0.2, -0.15) is 0 Å². The van der Waals surface area contributed by atoms with E-state index in [1.807, 2.05) is 0 Å². The van der Waals surface area contributed by atoms with Gasteiger partial charge in [0.15, 0.2) is 17.3 Å². The molecule has 1 aliphatic rings. The van der Waals surface area contributed by atoms with Crippen LogP contribution in [0.25, 0.3) is 0 Å². The lowest BCUT2D eigenvalue weighted by atomic mass is 10.1. The van der Waals surface area contributed by atoms with Crippen molar-refractivity contribution in [2.24, 2.45) is 0 Å². The smallest absolute Gasteiger partial charge is 0.231 e. The zero-order valence-electron chi connectivity index (χ0n) is 10.1. The summed E-state index contributed by atoms with van der Waals surface area (Å²) >= 11 is 3.32. The highest BCUT2D eigenvalue weighted by molar-refractivity contribution is 9.10. The molecule has 1 atom stereocenters. The van der Waals surface area contributed by atoms with Crippen LogP contribution in [0.2, 0.25) is 0 Å². The third-order valence-corrected chi connectivity index (χ3v) is 3.54. The van der Waals surface area contributed by atoms with Gasteiger partial charge in [0, 0.05) is 0 Å². The van der Waals surface area contributed by atoms with Crippen LogP contribution in [0.5, 0.6) is 17.2 Å². The Kier molecular flexibility index (Phi) is 3.12. The highest BCUT2D eigenvalue weighted by Crippen LogP contribution is 2.44. The highest BCUT2D eigenvalue weighted by atomic mass is 79.9. The molecular formula is C13H11BrO5. The number of methoxy groups -OCH3 is 1. The van der Waals surface area contributed by atoms with E-state index in [1.165, 1.54) is 13.4 Å². The normalized spacial score (nSPS) is 14.5. The maximum Gasteiger partial charge on any atom is 0.231 e. The summed E-state index contributed by atoms with van der Waals surface area (Å²) in [4.78, 5) is 0. The summed E-state index contributed by atoms with van der Waals surface area (Å²) in [5.41, 5.74) is 0.608. The molecular weight excluding hydrogens is 316 g/mol. The lowest BCUT2D eigenvalue weighted by Crippen LogP contribution is -2.00. The van der Waals surface area contributed by atoms with Crippen LogP contribution in [0.15, 0.2) is 33.4 Å². The van der Waals surface area contributed by atoms with E-state index >= 15 is 0 Å².